The van der Waals surface area contributed by atoms with Crippen LogP contribution in [-0.4, -0.2) is 11.1 Å². The van der Waals surface area contributed by atoms with Crippen molar-refractivity contribution >= 4 is 21.8 Å². The highest BCUT2D eigenvalue weighted by Crippen LogP contribution is 2.36. The Balaban J connectivity index is 1.90. The van der Waals surface area contributed by atoms with E-state index in [1.54, 1.807) is 0 Å². The molecule has 1 saturated carbocycles. The third-order valence-corrected chi connectivity index (χ3v) is 5.10. The average Bonchev–Trinajstić information content (AvgIpc) is 3.31. The van der Waals surface area contributed by atoms with E-state index in [1.807, 2.05) is 0 Å². The number of hydrogen-bond donors (Lipinski definition) is 1. The van der Waals surface area contributed by atoms with Crippen molar-refractivity contribution in [1.82, 2.24) is 4.57 Å². The molecule has 0 bridgehead atoms. The molecule has 114 valence electrons. The highest BCUT2D eigenvalue weighted by molar-refractivity contribution is 6.08. The van der Waals surface area contributed by atoms with Crippen LogP contribution >= 0.6 is 0 Å². The lowest BCUT2D eigenvalue weighted by molar-refractivity contribution is 0.663. The van der Waals surface area contributed by atoms with Crippen LogP contribution in [0, 0.1) is 5.92 Å². The van der Waals surface area contributed by atoms with E-state index < -0.39 is 0 Å². The van der Waals surface area contributed by atoms with Gasteiger partial charge >= 0.3 is 0 Å². The first-order valence-electron chi connectivity index (χ1n) is 8.49. The van der Waals surface area contributed by atoms with Gasteiger partial charge in [0.15, 0.2) is 0 Å². The van der Waals surface area contributed by atoms with Crippen molar-refractivity contribution in [2.45, 2.75) is 38.6 Å². The van der Waals surface area contributed by atoms with Crippen molar-refractivity contribution < 1.29 is 0 Å². The summed E-state index contributed by atoms with van der Waals surface area (Å²) in [4.78, 5) is 0. The van der Waals surface area contributed by atoms with E-state index in [1.165, 1.54) is 46.8 Å². The van der Waals surface area contributed by atoms with Gasteiger partial charge in [0, 0.05) is 28.4 Å². The number of fused-ring (bicyclic) bond motifs is 3. The third-order valence-electron chi connectivity index (χ3n) is 5.10. The number of rotatable bonds is 5. The van der Waals surface area contributed by atoms with Crippen molar-refractivity contribution in [1.29, 1.82) is 0 Å². The monoisotopic (exact) mass is 292 g/mol. The highest BCUT2D eigenvalue weighted by Gasteiger charge is 2.23. The second-order valence-corrected chi connectivity index (χ2v) is 6.83. The fourth-order valence-electron chi connectivity index (χ4n) is 3.55. The zero-order chi connectivity index (χ0) is 15.1. The molecule has 2 N–H and O–H groups in total. The lowest BCUT2D eigenvalue weighted by Gasteiger charge is -2.11. The zero-order valence-corrected chi connectivity index (χ0v) is 13.3. The molecule has 22 heavy (non-hydrogen) atoms. The van der Waals surface area contributed by atoms with Crippen LogP contribution in [0.25, 0.3) is 21.8 Å². The number of benzene rings is 2. The van der Waals surface area contributed by atoms with Gasteiger partial charge in [-0.2, -0.15) is 0 Å². The summed E-state index contributed by atoms with van der Waals surface area (Å²) in [5.74, 6) is 1.41. The fourth-order valence-corrected chi connectivity index (χ4v) is 3.55. The van der Waals surface area contributed by atoms with Gasteiger partial charge in [-0.25, -0.2) is 0 Å². The number of hydrogen-bond acceptors (Lipinski definition) is 1. The quantitative estimate of drug-likeness (QED) is 0.728. The number of aromatic nitrogens is 1. The van der Waals surface area contributed by atoms with E-state index in [0.29, 0.717) is 5.92 Å². The summed E-state index contributed by atoms with van der Waals surface area (Å²) in [7, 11) is 0. The summed E-state index contributed by atoms with van der Waals surface area (Å²) in [6, 6.07) is 15.8. The standard InChI is InChI=1S/C20H24N2/c1-14(10-11-21)16-8-9-20-18(12-16)17-4-2-3-5-19(17)22(20)13-15-6-7-15/h2-5,8-9,12,14-15H,6-7,10-11,13,21H2,1H3. The van der Waals surface area contributed by atoms with Crippen LogP contribution in [0.1, 0.15) is 37.7 Å². The second kappa shape index (κ2) is 5.44. The molecule has 1 heterocycles. The maximum Gasteiger partial charge on any atom is 0.0491 e. The number of nitrogens with zero attached hydrogens (tertiary/aromatic N) is 1. The van der Waals surface area contributed by atoms with Gasteiger partial charge in [0.2, 0.25) is 0 Å². The van der Waals surface area contributed by atoms with Crippen molar-refractivity contribution in [2.75, 3.05) is 6.54 Å². The molecule has 1 fully saturated rings. The molecule has 1 atom stereocenters. The summed E-state index contributed by atoms with van der Waals surface area (Å²) < 4.78 is 2.53. The Kier molecular flexibility index (Phi) is 3.42. The SMILES string of the molecule is CC(CCN)c1ccc2c(c1)c1ccccc1n2CC1CC1. The Morgan fingerprint density at radius 3 is 2.64 bits per heavy atom. The normalized spacial score (nSPS) is 16.5. The van der Waals surface area contributed by atoms with E-state index in [2.05, 4.69) is 54.0 Å². The van der Waals surface area contributed by atoms with Crippen LogP contribution in [0.2, 0.25) is 0 Å². The second-order valence-electron chi connectivity index (χ2n) is 6.83. The Hall–Kier alpha value is -1.80. The van der Waals surface area contributed by atoms with Gasteiger partial charge in [-0.15, -0.1) is 0 Å². The molecule has 1 aliphatic rings. The minimum Gasteiger partial charge on any atom is -0.340 e. The van der Waals surface area contributed by atoms with E-state index in [9.17, 15) is 0 Å². The Labute approximate surface area is 131 Å². The van der Waals surface area contributed by atoms with Crippen LogP contribution in [0.15, 0.2) is 42.5 Å². The fraction of sp³-hybridized carbons (Fsp3) is 0.400. The Morgan fingerprint density at radius 1 is 1.09 bits per heavy atom. The van der Waals surface area contributed by atoms with Gasteiger partial charge in [0.05, 0.1) is 0 Å². The lowest BCUT2D eigenvalue weighted by Crippen LogP contribution is -2.04. The predicted molar refractivity (Wildman–Crippen MR) is 94.3 cm³/mol. The zero-order valence-electron chi connectivity index (χ0n) is 13.3. The maximum atomic E-state index is 5.73. The van der Waals surface area contributed by atoms with Crippen LogP contribution in [-0.2, 0) is 6.54 Å². The molecule has 0 amide bonds. The van der Waals surface area contributed by atoms with E-state index >= 15 is 0 Å². The molecule has 1 aliphatic carbocycles. The van der Waals surface area contributed by atoms with Gasteiger partial charge in [0.25, 0.3) is 0 Å². The molecule has 0 saturated heterocycles. The summed E-state index contributed by atoms with van der Waals surface area (Å²) in [6.07, 6.45) is 3.82. The van der Waals surface area contributed by atoms with E-state index in [-0.39, 0.29) is 0 Å². The molecule has 3 aromatic rings. The largest absolute Gasteiger partial charge is 0.340 e. The summed E-state index contributed by atoms with van der Waals surface area (Å²) in [5.41, 5.74) is 9.91. The number of nitrogens with two attached hydrogens (primary N) is 1. The predicted octanol–water partition coefficient (Wildman–Crippen LogP) is 4.66. The van der Waals surface area contributed by atoms with Crippen LogP contribution < -0.4 is 5.73 Å². The van der Waals surface area contributed by atoms with Crippen LogP contribution in [0.4, 0.5) is 0 Å². The molecule has 1 aromatic heterocycles. The first-order valence-corrected chi connectivity index (χ1v) is 8.49. The highest BCUT2D eigenvalue weighted by atomic mass is 15.0. The number of para-hydroxylation sites is 1. The molecular formula is C20H24N2. The summed E-state index contributed by atoms with van der Waals surface area (Å²) >= 11 is 0. The van der Waals surface area contributed by atoms with Crippen LogP contribution in [0.3, 0.4) is 0 Å². The third kappa shape index (κ3) is 2.32. The average molecular weight is 292 g/mol. The minimum absolute atomic E-state index is 0.528. The van der Waals surface area contributed by atoms with Gasteiger partial charge in [-0.3, -0.25) is 0 Å². The van der Waals surface area contributed by atoms with Crippen molar-refractivity contribution in [2.24, 2.45) is 11.7 Å². The topological polar surface area (TPSA) is 30.9 Å². The molecule has 2 heteroatoms. The first kappa shape index (κ1) is 13.8. The molecule has 1 unspecified atom stereocenters. The van der Waals surface area contributed by atoms with Gasteiger partial charge < -0.3 is 10.3 Å². The van der Waals surface area contributed by atoms with E-state index in [4.69, 9.17) is 5.73 Å². The van der Waals surface area contributed by atoms with Gasteiger partial charge in [0.1, 0.15) is 0 Å². The summed E-state index contributed by atoms with van der Waals surface area (Å²) in [5, 5.41) is 2.79. The smallest absolute Gasteiger partial charge is 0.0491 e. The molecule has 2 nitrogen and oxygen atoms in total. The molecule has 0 radical (unpaired) electrons. The van der Waals surface area contributed by atoms with E-state index in [0.717, 1.165) is 18.9 Å². The van der Waals surface area contributed by atoms with Crippen molar-refractivity contribution in [3.8, 4) is 0 Å². The van der Waals surface area contributed by atoms with Crippen molar-refractivity contribution in [3.63, 3.8) is 0 Å². The first-order chi connectivity index (χ1) is 10.8. The van der Waals surface area contributed by atoms with Gasteiger partial charge in [-0.1, -0.05) is 31.2 Å². The Morgan fingerprint density at radius 2 is 1.86 bits per heavy atom. The lowest BCUT2D eigenvalue weighted by atomic mass is 9.96. The molecular weight excluding hydrogens is 268 g/mol. The minimum atomic E-state index is 0.528. The van der Waals surface area contributed by atoms with Crippen LogP contribution in [0.5, 0.6) is 0 Å². The van der Waals surface area contributed by atoms with Crippen molar-refractivity contribution in [3.05, 3.63) is 48.0 Å². The Bertz CT molecular complexity index is 811. The van der Waals surface area contributed by atoms with Gasteiger partial charge in [-0.05, 0) is 61.4 Å². The molecule has 4 rings (SSSR count). The molecule has 2 aromatic carbocycles. The maximum absolute atomic E-state index is 5.73. The molecule has 0 aliphatic heterocycles. The molecule has 0 spiro atoms. The summed E-state index contributed by atoms with van der Waals surface area (Å²) in [6.45, 7) is 4.20.